The number of allylic oxidation sites excluding steroid dienone is 1. The molecular weight excluding hydrogens is 453 g/mol. The Balaban J connectivity index is 1.48. The van der Waals surface area contributed by atoms with Crippen molar-refractivity contribution >= 4 is 39.9 Å². The normalized spacial score (nSPS) is 19.8. The molecule has 3 heterocycles. The number of hydrogen-bond donors (Lipinski definition) is 3. The second-order valence-corrected chi connectivity index (χ2v) is 9.37. The summed E-state index contributed by atoms with van der Waals surface area (Å²) in [4.78, 5) is 4.61. The molecule has 1 aliphatic carbocycles. The van der Waals surface area contributed by atoms with Crippen LogP contribution in [0.5, 0.6) is 0 Å². The summed E-state index contributed by atoms with van der Waals surface area (Å²) < 4.78 is 15.2. The van der Waals surface area contributed by atoms with Crippen LogP contribution < -0.4 is 10.5 Å². The first-order valence-electron chi connectivity index (χ1n) is 9.99. The number of aliphatic hydroxyl groups is 2. The molecule has 1 unspecified atom stereocenters. The van der Waals surface area contributed by atoms with Gasteiger partial charge in [0.2, 0.25) is 5.69 Å². The molecule has 6 nitrogen and oxygen atoms in total. The minimum atomic E-state index is -1.54. The highest BCUT2D eigenvalue weighted by Crippen LogP contribution is 2.43. The molecule has 9 heteroatoms. The number of aliphatic hydroxyl groups excluding tert-OH is 1. The topological polar surface area (TPSA) is 106 Å². The molecule has 5 rings (SSSR count). The lowest BCUT2D eigenvalue weighted by atomic mass is 9.89. The number of halogens is 2. The number of anilines is 1. The van der Waals surface area contributed by atoms with Gasteiger partial charge < -0.3 is 21.2 Å². The highest BCUT2D eigenvalue weighted by atomic mass is 35.5. The molecule has 1 aliphatic heterocycles. The number of aromatic nitrogens is 1. The second kappa shape index (κ2) is 7.67. The fraction of sp³-hybridized carbons (Fsp3) is 0.217. The fourth-order valence-corrected chi connectivity index (χ4v) is 5.43. The van der Waals surface area contributed by atoms with Crippen molar-refractivity contribution in [1.29, 1.82) is 0 Å². The number of fused-ring (bicyclic) bond motifs is 1. The molecule has 2 aliphatic rings. The van der Waals surface area contributed by atoms with E-state index in [9.17, 15) is 19.8 Å². The van der Waals surface area contributed by atoms with Crippen molar-refractivity contribution in [2.75, 3.05) is 5.73 Å². The van der Waals surface area contributed by atoms with Crippen LogP contribution in [0.25, 0.3) is 16.7 Å². The Bertz CT molecular complexity index is 1320. The van der Waals surface area contributed by atoms with Crippen molar-refractivity contribution in [1.82, 2.24) is 0 Å². The maximum atomic E-state index is 14.5. The lowest BCUT2D eigenvalue weighted by Crippen LogP contribution is -2.45. The summed E-state index contributed by atoms with van der Waals surface area (Å²) in [5, 5.41) is 35.9. The molecule has 1 aromatic carbocycles. The van der Waals surface area contributed by atoms with Crippen LogP contribution in [0.2, 0.25) is 5.02 Å². The fourth-order valence-electron chi connectivity index (χ4n) is 4.46. The van der Waals surface area contributed by atoms with Gasteiger partial charge in [-0.05, 0) is 42.7 Å². The van der Waals surface area contributed by atoms with Crippen LogP contribution in [-0.2, 0) is 18.6 Å². The summed E-state index contributed by atoms with van der Waals surface area (Å²) in [6.07, 6.45) is 3.91. The number of nitrogen functional groups attached to an aromatic ring is 1. The Morgan fingerprint density at radius 1 is 1.31 bits per heavy atom. The standard InChI is InChI=1S/C23H19ClFN3O3S/c24-15-1-2-18(26)16(7-15)14-5-12-3-4-23(30,22(12)28(31)9-14)20-6-13(8-27-20)17-11-32-19(10-29)21(17)25/h1-2,5,7-9,11,29-30H,3-4,6,10,26H2. The summed E-state index contributed by atoms with van der Waals surface area (Å²) in [6.45, 7) is -0.371. The third kappa shape index (κ3) is 3.22. The van der Waals surface area contributed by atoms with Gasteiger partial charge in [-0.15, -0.1) is 11.3 Å². The maximum absolute atomic E-state index is 14.5. The first-order chi connectivity index (χ1) is 15.3. The molecule has 0 bridgehead atoms. The summed E-state index contributed by atoms with van der Waals surface area (Å²) in [6, 6.07) is 6.91. The predicted octanol–water partition coefficient (Wildman–Crippen LogP) is 3.94. The van der Waals surface area contributed by atoms with Crippen molar-refractivity contribution in [2.24, 2.45) is 4.99 Å². The zero-order chi connectivity index (χ0) is 22.6. The Morgan fingerprint density at radius 2 is 2.12 bits per heavy atom. The van der Waals surface area contributed by atoms with E-state index in [4.69, 9.17) is 17.3 Å². The monoisotopic (exact) mass is 471 g/mol. The smallest absolute Gasteiger partial charge is 0.233 e. The molecule has 1 atom stereocenters. The summed E-state index contributed by atoms with van der Waals surface area (Å²) in [7, 11) is 0. The Labute approximate surface area is 192 Å². The first-order valence-corrected chi connectivity index (χ1v) is 11.2. The Hall–Kier alpha value is -2.78. The van der Waals surface area contributed by atoms with Crippen LogP contribution in [0.1, 0.15) is 34.5 Å². The summed E-state index contributed by atoms with van der Waals surface area (Å²) in [5.41, 5.74) is 8.61. The number of hydrogen-bond acceptors (Lipinski definition) is 6. The van der Waals surface area contributed by atoms with Crippen LogP contribution in [0.4, 0.5) is 10.1 Å². The molecule has 0 fully saturated rings. The maximum Gasteiger partial charge on any atom is 0.233 e. The average Bonchev–Trinajstić information content (AvgIpc) is 3.47. The van der Waals surface area contributed by atoms with Gasteiger partial charge in [0.1, 0.15) is 5.82 Å². The predicted molar refractivity (Wildman–Crippen MR) is 123 cm³/mol. The van der Waals surface area contributed by atoms with Gasteiger partial charge in [-0.3, -0.25) is 4.99 Å². The minimum absolute atomic E-state index is 0.220. The van der Waals surface area contributed by atoms with Gasteiger partial charge in [-0.25, -0.2) is 4.39 Å². The SMILES string of the molecule is Nc1ccc(Cl)cc1-c1cc2c([n+]([O-])c1)C(O)(C1=NC=C(c3csc(CO)c3F)C1)CC2. The van der Waals surface area contributed by atoms with Crippen molar-refractivity contribution in [3.05, 3.63) is 79.8 Å². The van der Waals surface area contributed by atoms with Crippen molar-refractivity contribution in [2.45, 2.75) is 31.5 Å². The van der Waals surface area contributed by atoms with Crippen LogP contribution in [0, 0.1) is 11.0 Å². The van der Waals surface area contributed by atoms with Gasteiger partial charge in [0.05, 0.1) is 17.2 Å². The Kier molecular flexibility index (Phi) is 5.05. The van der Waals surface area contributed by atoms with Crippen LogP contribution in [-0.4, -0.2) is 15.9 Å². The Morgan fingerprint density at radius 3 is 2.88 bits per heavy atom. The van der Waals surface area contributed by atoms with Gasteiger partial charge in [0, 0.05) is 51.0 Å². The number of aryl methyl sites for hydroxylation is 1. The average molecular weight is 472 g/mol. The minimum Gasteiger partial charge on any atom is -0.618 e. The van der Waals surface area contributed by atoms with Crippen LogP contribution in [0.15, 0.2) is 47.0 Å². The van der Waals surface area contributed by atoms with E-state index in [0.717, 1.165) is 11.3 Å². The molecule has 0 amide bonds. The molecule has 32 heavy (non-hydrogen) atoms. The molecule has 0 radical (unpaired) electrons. The number of pyridine rings is 1. The first kappa shape index (κ1) is 21.1. The molecule has 0 saturated heterocycles. The number of nitrogens with zero attached hydrogens (tertiary/aromatic N) is 2. The second-order valence-electron chi connectivity index (χ2n) is 7.97. The van der Waals surface area contributed by atoms with E-state index in [0.29, 0.717) is 61.8 Å². The summed E-state index contributed by atoms with van der Waals surface area (Å²) in [5.74, 6) is -0.471. The van der Waals surface area contributed by atoms with E-state index < -0.39 is 11.4 Å². The van der Waals surface area contributed by atoms with Gasteiger partial charge in [0.25, 0.3) is 0 Å². The number of benzene rings is 1. The number of aliphatic imine (C=N–C) groups is 1. The third-order valence-electron chi connectivity index (χ3n) is 6.09. The van der Waals surface area contributed by atoms with E-state index in [1.807, 2.05) is 6.07 Å². The van der Waals surface area contributed by atoms with E-state index in [2.05, 4.69) is 4.99 Å². The number of nitrogens with two attached hydrogens (primary N) is 1. The van der Waals surface area contributed by atoms with Crippen LogP contribution in [0.3, 0.4) is 0 Å². The van der Waals surface area contributed by atoms with Gasteiger partial charge in [-0.1, -0.05) is 11.6 Å². The summed E-state index contributed by atoms with van der Waals surface area (Å²) >= 11 is 7.23. The molecular formula is C23H19ClFN3O3S. The molecule has 3 aromatic rings. The lowest BCUT2D eigenvalue weighted by Gasteiger charge is -2.23. The highest BCUT2D eigenvalue weighted by Gasteiger charge is 2.49. The molecule has 2 aromatic heterocycles. The van der Waals surface area contributed by atoms with E-state index >= 15 is 0 Å². The zero-order valence-electron chi connectivity index (χ0n) is 16.8. The van der Waals surface area contributed by atoms with E-state index in [-0.39, 0.29) is 23.6 Å². The quantitative estimate of drug-likeness (QED) is 0.304. The molecule has 164 valence electrons. The number of rotatable bonds is 4. The molecule has 4 N–H and O–H groups in total. The van der Waals surface area contributed by atoms with Gasteiger partial charge in [-0.2, -0.15) is 4.73 Å². The van der Waals surface area contributed by atoms with E-state index in [1.54, 1.807) is 23.6 Å². The molecule has 0 saturated carbocycles. The van der Waals surface area contributed by atoms with Crippen molar-refractivity contribution in [3.63, 3.8) is 0 Å². The van der Waals surface area contributed by atoms with Gasteiger partial charge in [0.15, 0.2) is 11.8 Å². The van der Waals surface area contributed by atoms with Crippen LogP contribution >= 0.6 is 22.9 Å². The van der Waals surface area contributed by atoms with Gasteiger partial charge >= 0.3 is 0 Å². The zero-order valence-corrected chi connectivity index (χ0v) is 18.4. The van der Waals surface area contributed by atoms with Crippen molar-refractivity contribution in [3.8, 4) is 11.1 Å². The van der Waals surface area contributed by atoms with E-state index in [1.165, 1.54) is 12.4 Å². The van der Waals surface area contributed by atoms with Crippen molar-refractivity contribution < 1.29 is 19.3 Å². The lowest BCUT2D eigenvalue weighted by molar-refractivity contribution is -0.619. The number of thiophene rings is 1. The molecule has 0 spiro atoms. The third-order valence-corrected chi connectivity index (χ3v) is 7.27. The largest absolute Gasteiger partial charge is 0.618 e. The highest BCUT2D eigenvalue weighted by molar-refractivity contribution is 7.10.